The van der Waals surface area contributed by atoms with E-state index in [-0.39, 0.29) is 6.61 Å². The lowest BCUT2D eigenvalue weighted by Gasteiger charge is -2.09. The largest absolute Gasteiger partial charge is 0.491 e. The monoisotopic (exact) mass is 258 g/mol. The van der Waals surface area contributed by atoms with Gasteiger partial charge < -0.3 is 9.84 Å². The summed E-state index contributed by atoms with van der Waals surface area (Å²) in [6.45, 7) is 0.242. The van der Waals surface area contributed by atoms with E-state index < -0.39 is 6.10 Å². The second-order valence-corrected chi connectivity index (χ2v) is 3.45. The second-order valence-electron chi connectivity index (χ2n) is 2.81. The average Bonchev–Trinajstić information content (AvgIpc) is 2.26. The normalized spacial score (nSPS) is 12.1. The van der Waals surface area contributed by atoms with Crippen molar-refractivity contribution in [2.45, 2.75) is 6.10 Å². The SMILES string of the molecule is O=Cc1ccc(OCC(O)CBr)cc1. The summed E-state index contributed by atoms with van der Waals surface area (Å²) in [5.74, 6) is 0.649. The van der Waals surface area contributed by atoms with Crippen LogP contribution in [-0.4, -0.2) is 29.4 Å². The molecule has 0 amide bonds. The Labute approximate surface area is 90.8 Å². The minimum absolute atomic E-state index is 0.242. The number of aldehydes is 1. The molecule has 0 saturated carbocycles. The van der Waals surface area contributed by atoms with E-state index >= 15 is 0 Å². The average molecular weight is 259 g/mol. The van der Waals surface area contributed by atoms with Crippen LogP contribution in [0.4, 0.5) is 0 Å². The first kappa shape index (κ1) is 11.2. The fraction of sp³-hybridized carbons (Fsp3) is 0.300. The van der Waals surface area contributed by atoms with Crippen molar-refractivity contribution in [2.75, 3.05) is 11.9 Å². The third-order valence-electron chi connectivity index (χ3n) is 1.64. The van der Waals surface area contributed by atoms with Gasteiger partial charge in [0.25, 0.3) is 0 Å². The van der Waals surface area contributed by atoms with Crippen LogP contribution in [0.25, 0.3) is 0 Å². The van der Waals surface area contributed by atoms with E-state index in [2.05, 4.69) is 15.9 Å². The summed E-state index contributed by atoms with van der Waals surface area (Å²) in [6, 6.07) is 6.74. The minimum atomic E-state index is -0.513. The maximum atomic E-state index is 10.3. The summed E-state index contributed by atoms with van der Waals surface area (Å²) in [5, 5.41) is 9.68. The van der Waals surface area contributed by atoms with Gasteiger partial charge in [0.05, 0.1) is 6.10 Å². The second kappa shape index (κ2) is 5.78. The Hall–Kier alpha value is -0.870. The summed E-state index contributed by atoms with van der Waals surface area (Å²) < 4.78 is 5.26. The van der Waals surface area contributed by atoms with Gasteiger partial charge in [-0.15, -0.1) is 0 Å². The van der Waals surface area contributed by atoms with Gasteiger partial charge in [0.2, 0.25) is 0 Å². The van der Waals surface area contributed by atoms with Crippen LogP contribution in [0, 0.1) is 0 Å². The number of carbonyl (C=O) groups excluding carboxylic acids is 1. The number of alkyl halides is 1. The molecule has 0 spiro atoms. The quantitative estimate of drug-likeness (QED) is 0.645. The summed E-state index contributed by atoms with van der Waals surface area (Å²) in [4.78, 5) is 10.3. The van der Waals surface area contributed by atoms with E-state index in [1.54, 1.807) is 24.3 Å². The minimum Gasteiger partial charge on any atom is -0.491 e. The highest BCUT2D eigenvalue weighted by Crippen LogP contribution is 2.11. The number of hydrogen-bond donors (Lipinski definition) is 1. The van der Waals surface area contributed by atoms with Gasteiger partial charge in [-0.2, -0.15) is 0 Å². The summed E-state index contributed by atoms with van der Waals surface area (Å²) in [7, 11) is 0. The first-order valence-electron chi connectivity index (χ1n) is 4.18. The Morgan fingerprint density at radius 1 is 1.43 bits per heavy atom. The molecule has 0 saturated heterocycles. The molecule has 0 bridgehead atoms. The number of rotatable bonds is 5. The highest BCUT2D eigenvalue weighted by atomic mass is 79.9. The van der Waals surface area contributed by atoms with Crippen LogP contribution in [0.15, 0.2) is 24.3 Å². The molecule has 0 aromatic heterocycles. The third kappa shape index (κ3) is 3.47. The Morgan fingerprint density at radius 3 is 2.57 bits per heavy atom. The zero-order valence-corrected chi connectivity index (χ0v) is 9.11. The maximum absolute atomic E-state index is 10.3. The summed E-state index contributed by atoms with van der Waals surface area (Å²) in [6.07, 6.45) is 0.262. The van der Waals surface area contributed by atoms with E-state index in [9.17, 15) is 9.90 Å². The molecule has 1 unspecified atom stereocenters. The first-order chi connectivity index (χ1) is 6.76. The molecule has 0 aliphatic rings. The maximum Gasteiger partial charge on any atom is 0.150 e. The van der Waals surface area contributed by atoms with Crippen LogP contribution in [0.5, 0.6) is 5.75 Å². The van der Waals surface area contributed by atoms with Crippen molar-refractivity contribution in [1.82, 2.24) is 0 Å². The predicted octanol–water partition coefficient (Wildman–Crippen LogP) is 1.63. The Balaban J connectivity index is 2.47. The Morgan fingerprint density at radius 2 is 2.07 bits per heavy atom. The Kier molecular flexibility index (Phi) is 4.62. The molecular formula is C10H11BrO3. The van der Waals surface area contributed by atoms with Crippen LogP contribution in [-0.2, 0) is 0 Å². The number of halogens is 1. The third-order valence-corrected chi connectivity index (χ3v) is 2.38. The Bertz CT molecular complexity index is 284. The molecule has 1 atom stereocenters. The van der Waals surface area contributed by atoms with Crippen molar-refractivity contribution in [3.8, 4) is 5.75 Å². The number of carbonyl (C=O) groups is 1. The van der Waals surface area contributed by atoms with E-state index in [1.165, 1.54) is 0 Å². The number of ether oxygens (including phenoxy) is 1. The van der Waals surface area contributed by atoms with E-state index in [0.717, 1.165) is 6.29 Å². The molecule has 4 heteroatoms. The molecule has 1 N–H and O–H groups in total. The van der Waals surface area contributed by atoms with Crippen molar-refractivity contribution in [1.29, 1.82) is 0 Å². The smallest absolute Gasteiger partial charge is 0.150 e. The lowest BCUT2D eigenvalue weighted by Crippen LogP contribution is -2.18. The molecule has 14 heavy (non-hydrogen) atoms. The molecule has 0 radical (unpaired) electrons. The zero-order chi connectivity index (χ0) is 10.4. The summed E-state index contributed by atoms with van der Waals surface area (Å²) >= 11 is 3.13. The summed E-state index contributed by atoms with van der Waals surface area (Å²) in [5.41, 5.74) is 0.610. The van der Waals surface area contributed by atoms with Gasteiger partial charge in [-0.3, -0.25) is 4.79 Å². The van der Waals surface area contributed by atoms with E-state index in [4.69, 9.17) is 4.74 Å². The van der Waals surface area contributed by atoms with Gasteiger partial charge >= 0.3 is 0 Å². The van der Waals surface area contributed by atoms with Crippen LogP contribution in [0.1, 0.15) is 10.4 Å². The molecule has 0 aliphatic carbocycles. The lowest BCUT2D eigenvalue weighted by atomic mass is 10.2. The lowest BCUT2D eigenvalue weighted by molar-refractivity contribution is 0.112. The van der Waals surface area contributed by atoms with E-state index in [0.29, 0.717) is 16.6 Å². The van der Waals surface area contributed by atoms with Gasteiger partial charge in [-0.05, 0) is 24.3 Å². The van der Waals surface area contributed by atoms with Crippen molar-refractivity contribution >= 4 is 22.2 Å². The number of aliphatic hydroxyl groups is 1. The zero-order valence-electron chi connectivity index (χ0n) is 7.52. The van der Waals surface area contributed by atoms with Crippen molar-refractivity contribution in [3.05, 3.63) is 29.8 Å². The van der Waals surface area contributed by atoms with Gasteiger partial charge in [0, 0.05) is 10.9 Å². The molecule has 76 valence electrons. The standard InChI is InChI=1S/C10H11BrO3/c11-5-9(13)7-14-10-3-1-8(6-12)2-4-10/h1-4,6,9,13H,5,7H2. The highest BCUT2D eigenvalue weighted by Gasteiger charge is 2.02. The van der Waals surface area contributed by atoms with Gasteiger partial charge in [-0.1, -0.05) is 15.9 Å². The number of benzene rings is 1. The molecular weight excluding hydrogens is 248 g/mol. The van der Waals surface area contributed by atoms with Crippen molar-refractivity contribution in [2.24, 2.45) is 0 Å². The molecule has 0 fully saturated rings. The topological polar surface area (TPSA) is 46.5 Å². The molecule has 1 aromatic rings. The highest BCUT2D eigenvalue weighted by molar-refractivity contribution is 9.09. The van der Waals surface area contributed by atoms with Crippen molar-refractivity contribution < 1.29 is 14.6 Å². The number of hydrogen-bond acceptors (Lipinski definition) is 3. The van der Waals surface area contributed by atoms with Gasteiger partial charge in [0.1, 0.15) is 18.6 Å². The van der Waals surface area contributed by atoms with Gasteiger partial charge in [0.15, 0.2) is 0 Å². The molecule has 1 rings (SSSR count). The molecule has 0 heterocycles. The fourth-order valence-corrected chi connectivity index (χ4v) is 1.07. The molecule has 0 aliphatic heterocycles. The van der Waals surface area contributed by atoms with Crippen LogP contribution < -0.4 is 4.74 Å². The van der Waals surface area contributed by atoms with E-state index in [1.807, 2.05) is 0 Å². The molecule has 3 nitrogen and oxygen atoms in total. The molecule has 1 aromatic carbocycles. The van der Waals surface area contributed by atoms with Gasteiger partial charge in [-0.25, -0.2) is 0 Å². The van der Waals surface area contributed by atoms with Crippen molar-refractivity contribution in [3.63, 3.8) is 0 Å². The van der Waals surface area contributed by atoms with Crippen LogP contribution in [0.3, 0.4) is 0 Å². The van der Waals surface area contributed by atoms with Crippen LogP contribution in [0.2, 0.25) is 0 Å². The predicted molar refractivity (Wildman–Crippen MR) is 57.1 cm³/mol. The first-order valence-corrected chi connectivity index (χ1v) is 5.30. The number of aliphatic hydroxyl groups excluding tert-OH is 1. The van der Waals surface area contributed by atoms with Crippen LogP contribution >= 0.6 is 15.9 Å². The fourth-order valence-electron chi connectivity index (χ4n) is 0.880.